The molecule has 1 saturated heterocycles. The topological polar surface area (TPSA) is 19.4 Å². The summed E-state index contributed by atoms with van der Waals surface area (Å²) in [7, 11) is 0. The molecule has 2 heterocycles. The van der Waals surface area contributed by atoms with E-state index in [9.17, 15) is 0 Å². The summed E-state index contributed by atoms with van der Waals surface area (Å²) in [6.45, 7) is 6.38. The summed E-state index contributed by atoms with van der Waals surface area (Å²) in [4.78, 5) is 9.35. The zero-order valence-corrected chi connectivity index (χ0v) is 12.0. The highest BCUT2D eigenvalue weighted by molar-refractivity contribution is 5.49. The van der Waals surface area contributed by atoms with Crippen LogP contribution in [0.2, 0.25) is 0 Å². The lowest BCUT2D eigenvalue weighted by Crippen LogP contribution is -2.46. The van der Waals surface area contributed by atoms with Crippen molar-refractivity contribution in [3.05, 3.63) is 54.2 Å². The Balaban J connectivity index is 1.66. The van der Waals surface area contributed by atoms with Crippen LogP contribution in [-0.2, 0) is 6.42 Å². The van der Waals surface area contributed by atoms with Gasteiger partial charge in [0.2, 0.25) is 0 Å². The number of anilines is 2. The van der Waals surface area contributed by atoms with Crippen molar-refractivity contribution in [2.75, 3.05) is 36.0 Å². The first-order valence-corrected chi connectivity index (χ1v) is 7.36. The van der Waals surface area contributed by atoms with E-state index in [1.54, 1.807) is 0 Å². The van der Waals surface area contributed by atoms with E-state index in [0.717, 1.165) is 38.4 Å². The van der Waals surface area contributed by atoms with E-state index in [4.69, 9.17) is 0 Å². The predicted octanol–water partition coefficient (Wildman–Crippen LogP) is 2.97. The Morgan fingerprint density at radius 2 is 1.65 bits per heavy atom. The smallest absolute Gasteiger partial charge is 0.128 e. The second kappa shape index (κ2) is 5.95. The number of rotatable bonds is 3. The van der Waals surface area contributed by atoms with Gasteiger partial charge in [-0.05, 0) is 36.2 Å². The molecule has 1 aromatic carbocycles. The maximum Gasteiger partial charge on any atom is 0.128 e. The molecular weight excluding hydrogens is 246 g/mol. The van der Waals surface area contributed by atoms with Crippen LogP contribution in [0.5, 0.6) is 0 Å². The van der Waals surface area contributed by atoms with Crippen LogP contribution >= 0.6 is 0 Å². The molecule has 20 heavy (non-hydrogen) atoms. The molecule has 0 bridgehead atoms. The molecule has 0 atom stereocenters. The number of pyridine rings is 1. The molecule has 0 unspecified atom stereocenters. The average Bonchev–Trinajstić information content (AvgIpc) is 2.56. The van der Waals surface area contributed by atoms with Crippen molar-refractivity contribution in [2.24, 2.45) is 0 Å². The van der Waals surface area contributed by atoms with Gasteiger partial charge in [-0.3, -0.25) is 0 Å². The first kappa shape index (κ1) is 13.0. The monoisotopic (exact) mass is 267 g/mol. The molecule has 3 rings (SSSR count). The quantitative estimate of drug-likeness (QED) is 0.852. The van der Waals surface area contributed by atoms with Crippen LogP contribution in [0.1, 0.15) is 12.5 Å². The summed E-state index contributed by atoms with van der Waals surface area (Å²) >= 11 is 0. The molecule has 3 heteroatoms. The number of hydrogen-bond acceptors (Lipinski definition) is 3. The normalized spacial score (nSPS) is 15.4. The van der Waals surface area contributed by atoms with Crippen molar-refractivity contribution in [2.45, 2.75) is 13.3 Å². The molecule has 0 spiro atoms. The number of para-hydroxylation sites is 1. The van der Waals surface area contributed by atoms with Crippen LogP contribution in [0, 0.1) is 0 Å². The summed E-state index contributed by atoms with van der Waals surface area (Å²) < 4.78 is 0. The highest BCUT2D eigenvalue weighted by Gasteiger charge is 2.18. The maximum absolute atomic E-state index is 4.52. The summed E-state index contributed by atoms with van der Waals surface area (Å²) in [6.07, 6.45) is 3.00. The maximum atomic E-state index is 4.52. The number of aromatic nitrogens is 1. The van der Waals surface area contributed by atoms with Gasteiger partial charge in [-0.25, -0.2) is 4.98 Å². The third kappa shape index (κ3) is 2.77. The number of hydrogen-bond donors (Lipinski definition) is 0. The highest BCUT2D eigenvalue weighted by atomic mass is 15.3. The fourth-order valence-electron chi connectivity index (χ4n) is 2.69. The molecular formula is C17H21N3. The van der Waals surface area contributed by atoms with Crippen molar-refractivity contribution < 1.29 is 0 Å². The van der Waals surface area contributed by atoms with E-state index in [1.807, 2.05) is 6.20 Å². The van der Waals surface area contributed by atoms with E-state index in [1.165, 1.54) is 11.3 Å². The van der Waals surface area contributed by atoms with E-state index < -0.39 is 0 Å². The standard InChI is InChI=1S/C17H21N3/c1-2-15-8-9-18-17(14-15)20-12-10-19(11-13-20)16-6-4-3-5-7-16/h3-9,14H,2,10-13H2,1H3. The second-order valence-electron chi connectivity index (χ2n) is 5.19. The molecule has 0 saturated carbocycles. The molecule has 1 aliphatic rings. The summed E-state index contributed by atoms with van der Waals surface area (Å²) in [5.41, 5.74) is 2.68. The van der Waals surface area contributed by atoms with E-state index in [0.29, 0.717) is 0 Å². The Hall–Kier alpha value is -2.03. The molecule has 0 radical (unpaired) electrons. The van der Waals surface area contributed by atoms with Crippen LogP contribution in [0.4, 0.5) is 11.5 Å². The summed E-state index contributed by atoms with van der Waals surface area (Å²) in [5, 5.41) is 0. The Kier molecular flexibility index (Phi) is 3.86. The Morgan fingerprint density at radius 3 is 2.35 bits per heavy atom. The fraction of sp³-hybridized carbons (Fsp3) is 0.353. The van der Waals surface area contributed by atoms with Crippen molar-refractivity contribution in [1.82, 2.24) is 4.98 Å². The first-order chi connectivity index (χ1) is 9.86. The van der Waals surface area contributed by atoms with Crippen molar-refractivity contribution in [3.8, 4) is 0 Å². The van der Waals surface area contributed by atoms with Gasteiger partial charge in [0, 0.05) is 38.1 Å². The summed E-state index contributed by atoms with van der Waals surface area (Å²) in [5.74, 6) is 1.12. The zero-order valence-electron chi connectivity index (χ0n) is 12.0. The molecule has 2 aromatic rings. The van der Waals surface area contributed by atoms with Crippen molar-refractivity contribution in [1.29, 1.82) is 0 Å². The molecule has 1 aliphatic heterocycles. The van der Waals surface area contributed by atoms with Crippen LogP contribution in [0.25, 0.3) is 0 Å². The van der Waals surface area contributed by atoms with Gasteiger partial charge in [0.1, 0.15) is 5.82 Å². The molecule has 1 aromatic heterocycles. The van der Waals surface area contributed by atoms with E-state index >= 15 is 0 Å². The van der Waals surface area contributed by atoms with Gasteiger partial charge < -0.3 is 9.80 Å². The number of benzene rings is 1. The largest absolute Gasteiger partial charge is 0.368 e. The van der Waals surface area contributed by atoms with Gasteiger partial charge >= 0.3 is 0 Å². The van der Waals surface area contributed by atoms with Gasteiger partial charge in [-0.15, -0.1) is 0 Å². The van der Waals surface area contributed by atoms with Gasteiger partial charge in [-0.1, -0.05) is 25.1 Å². The first-order valence-electron chi connectivity index (χ1n) is 7.36. The zero-order chi connectivity index (χ0) is 13.8. The van der Waals surface area contributed by atoms with E-state index in [-0.39, 0.29) is 0 Å². The highest BCUT2D eigenvalue weighted by Crippen LogP contribution is 2.19. The fourth-order valence-corrected chi connectivity index (χ4v) is 2.69. The summed E-state index contributed by atoms with van der Waals surface area (Å²) in [6, 6.07) is 15.0. The lowest BCUT2D eigenvalue weighted by atomic mass is 10.2. The minimum atomic E-state index is 1.04. The molecule has 0 N–H and O–H groups in total. The van der Waals surface area contributed by atoms with Crippen LogP contribution in [0.3, 0.4) is 0 Å². The lowest BCUT2D eigenvalue weighted by molar-refractivity contribution is 0.647. The van der Waals surface area contributed by atoms with Gasteiger partial charge in [0.25, 0.3) is 0 Å². The Morgan fingerprint density at radius 1 is 0.950 bits per heavy atom. The number of piperazine rings is 1. The molecule has 1 fully saturated rings. The van der Waals surface area contributed by atoms with Gasteiger partial charge in [-0.2, -0.15) is 0 Å². The molecule has 3 nitrogen and oxygen atoms in total. The SMILES string of the molecule is CCc1ccnc(N2CCN(c3ccccc3)CC2)c1. The average molecular weight is 267 g/mol. The minimum Gasteiger partial charge on any atom is -0.368 e. The molecule has 0 amide bonds. The van der Waals surface area contributed by atoms with Gasteiger partial charge in [0.15, 0.2) is 0 Å². The van der Waals surface area contributed by atoms with Crippen molar-refractivity contribution in [3.63, 3.8) is 0 Å². The van der Waals surface area contributed by atoms with Crippen molar-refractivity contribution >= 4 is 11.5 Å². The number of nitrogens with zero attached hydrogens (tertiary/aromatic N) is 3. The number of aryl methyl sites for hydroxylation is 1. The second-order valence-corrected chi connectivity index (χ2v) is 5.19. The Bertz CT molecular complexity index is 545. The van der Waals surface area contributed by atoms with Crippen LogP contribution < -0.4 is 9.80 Å². The third-order valence-electron chi connectivity index (χ3n) is 3.94. The van der Waals surface area contributed by atoms with Crippen LogP contribution in [-0.4, -0.2) is 31.2 Å². The van der Waals surface area contributed by atoms with Crippen LogP contribution in [0.15, 0.2) is 48.7 Å². The Labute approximate surface area is 120 Å². The molecule has 104 valence electrons. The third-order valence-corrected chi connectivity index (χ3v) is 3.94. The predicted molar refractivity (Wildman–Crippen MR) is 84.5 cm³/mol. The minimum absolute atomic E-state index is 1.04. The lowest BCUT2D eigenvalue weighted by Gasteiger charge is -2.36. The van der Waals surface area contributed by atoms with Gasteiger partial charge in [0.05, 0.1) is 0 Å². The molecule has 0 aliphatic carbocycles. The van der Waals surface area contributed by atoms with E-state index in [2.05, 4.69) is 64.2 Å².